The Hall–Kier alpha value is -2.64. The van der Waals surface area contributed by atoms with Gasteiger partial charge in [-0.05, 0) is 48.9 Å². The minimum atomic E-state index is -4.15. The summed E-state index contributed by atoms with van der Waals surface area (Å²) in [5, 5.41) is 9.16. The van der Waals surface area contributed by atoms with Crippen LogP contribution in [0.4, 0.5) is 4.39 Å². The Bertz CT molecular complexity index is 1170. The van der Waals surface area contributed by atoms with E-state index in [-0.39, 0.29) is 5.69 Å². The lowest BCUT2D eigenvalue weighted by Gasteiger charge is -2.20. The van der Waals surface area contributed by atoms with Gasteiger partial charge in [-0.25, -0.2) is 16.8 Å². The molecule has 3 aromatic rings. The van der Waals surface area contributed by atoms with E-state index >= 15 is 0 Å². The fraction of sp³-hybridized carbons (Fsp3) is 0.150. The Morgan fingerprint density at radius 1 is 1.21 bits per heavy atom. The molecule has 0 saturated carbocycles. The molecular formula is C20H17ClFNO4S. The van der Waals surface area contributed by atoms with E-state index in [4.69, 9.17) is 11.6 Å². The van der Waals surface area contributed by atoms with Gasteiger partial charge in [0.25, 0.3) is 0 Å². The second-order valence-electron chi connectivity index (χ2n) is 6.35. The Morgan fingerprint density at radius 2 is 1.86 bits per heavy atom. The summed E-state index contributed by atoms with van der Waals surface area (Å²) < 4.78 is 41.3. The molecule has 5 nitrogen and oxygen atoms in total. The predicted molar refractivity (Wildman–Crippen MR) is 107 cm³/mol. The second-order valence-corrected chi connectivity index (χ2v) is 8.69. The van der Waals surface area contributed by atoms with Crippen molar-refractivity contribution in [3.63, 3.8) is 0 Å². The highest BCUT2D eigenvalue weighted by Gasteiger charge is 2.32. The Morgan fingerprint density at radius 3 is 2.43 bits per heavy atom. The van der Waals surface area contributed by atoms with Crippen molar-refractivity contribution >= 4 is 38.5 Å². The summed E-state index contributed by atoms with van der Waals surface area (Å²) in [6.07, 6.45) is 1.24. The number of nitrogens with zero attached hydrogens (tertiary/aromatic N) is 1. The van der Waals surface area contributed by atoms with Gasteiger partial charge in [0.1, 0.15) is 11.1 Å². The molecule has 0 saturated heterocycles. The van der Waals surface area contributed by atoms with Crippen molar-refractivity contribution in [1.29, 1.82) is 0 Å². The molecule has 0 radical (unpaired) electrons. The van der Waals surface area contributed by atoms with Gasteiger partial charge in [0.05, 0.1) is 11.4 Å². The number of fused-ring (bicyclic) bond motifs is 1. The summed E-state index contributed by atoms with van der Waals surface area (Å²) in [6, 6.07) is 11.2. The molecule has 0 aliphatic heterocycles. The van der Waals surface area contributed by atoms with Crippen LogP contribution in [0.1, 0.15) is 29.3 Å². The molecule has 1 aromatic heterocycles. The van der Waals surface area contributed by atoms with E-state index in [9.17, 15) is 22.7 Å². The van der Waals surface area contributed by atoms with Gasteiger partial charge in [-0.3, -0.25) is 4.79 Å². The normalized spacial score (nSPS) is 14.0. The van der Waals surface area contributed by atoms with Gasteiger partial charge in [0.2, 0.25) is 10.0 Å². The topological polar surface area (TPSA) is 76.4 Å². The fourth-order valence-electron chi connectivity index (χ4n) is 3.09. The molecule has 28 heavy (non-hydrogen) atoms. The molecule has 0 fully saturated rings. The second kappa shape index (κ2) is 7.41. The zero-order valence-corrected chi connectivity index (χ0v) is 16.4. The average molecular weight is 422 g/mol. The Labute approximate surface area is 166 Å². The largest absolute Gasteiger partial charge is 0.481 e. The van der Waals surface area contributed by atoms with Crippen molar-refractivity contribution in [2.24, 2.45) is 0 Å². The van der Waals surface area contributed by atoms with E-state index in [2.05, 4.69) is 6.58 Å². The maximum absolute atomic E-state index is 13.5. The summed E-state index contributed by atoms with van der Waals surface area (Å²) in [5.74, 6) is -2.74. The third kappa shape index (κ3) is 3.43. The highest BCUT2D eigenvalue weighted by Crippen LogP contribution is 2.35. The van der Waals surface area contributed by atoms with Crippen LogP contribution in [0.2, 0.25) is 5.02 Å². The van der Waals surface area contributed by atoms with Crippen LogP contribution in [0.3, 0.4) is 0 Å². The number of halogens is 2. The van der Waals surface area contributed by atoms with Crippen molar-refractivity contribution in [3.05, 3.63) is 83.3 Å². The number of aromatic nitrogens is 1. The number of aliphatic carboxylic acids is 1. The van der Waals surface area contributed by atoms with Gasteiger partial charge < -0.3 is 5.11 Å². The lowest BCUT2D eigenvalue weighted by molar-refractivity contribution is -0.138. The van der Waals surface area contributed by atoms with Crippen LogP contribution in [-0.4, -0.2) is 23.5 Å². The molecule has 0 spiro atoms. The first-order chi connectivity index (χ1) is 13.2. The molecule has 0 aliphatic carbocycles. The van der Waals surface area contributed by atoms with Gasteiger partial charge in [-0.15, -0.1) is 6.58 Å². The van der Waals surface area contributed by atoms with Crippen molar-refractivity contribution < 1.29 is 22.7 Å². The molecule has 3 rings (SSSR count). The zero-order valence-electron chi connectivity index (χ0n) is 14.8. The van der Waals surface area contributed by atoms with Crippen molar-refractivity contribution in [3.8, 4) is 0 Å². The summed E-state index contributed by atoms with van der Waals surface area (Å²) in [7, 11) is -4.15. The van der Waals surface area contributed by atoms with Gasteiger partial charge in [-0.2, -0.15) is 0 Å². The lowest BCUT2D eigenvalue weighted by atomic mass is 10.1. The van der Waals surface area contributed by atoms with E-state index in [0.29, 0.717) is 21.5 Å². The smallest absolute Gasteiger partial charge is 0.312 e. The highest BCUT2D eigenvalue weighted by molar-refractivity contribution is 7.90. The monoisotopic (exact) mass is 421 g/mol. The summed E-state index contributed by atoms with van der Waals surface area (Å²) in [5.41, 5.74) is 0.723. The van der Waals surface area contributed by atoms with E-state index in [1.807, 2.05) is 0 Å². The van der Waals surface area contributed by atoms with E-state index in [1.54, 1.807) is 6.07 Å². The Kier molecular flexibility index (Phi) is 5.32. The number of carbonyl (C=O) groups is 1. The molecule has 1 N–H and O–H groups in total. The standard InChI is InChI=1S/C20H17ClFNO4S/c1-3-19(13-4-7-16(22)8-5-13)28(26,27)23-17-9-6-15(21)10-14(17)11-18(23)12(2)20(24)25/h3-12,19H,1H2,2H3,(H,24,25). The molecule has 0 aliphatic rings. The van der Waals surface area contributed by atoms with E-state index in [0.717, 1.165) is 16.1 Å². The van der Waals surface area contributed by atoms with Crippen molar-refractivity contribution in [2.45, 2.75) is 18.1 Å². The minimum Gasteiger partial charge on any atom is -0.481 e. The van der Waals surface area contributed by atoms with Crippen LogP contribution >= 0.6 is 11.6 Å². The van der Waals surface area contributed by atoms with Gasteiger partial charge in [0, 0.05) is 16.1 Å². The van der Waals surface area contributed by atoms with Crippen LogP contribution in [0.25, 0.3) is 10.9 Å². The van der Waals surface area contributed by atoms with Crippen LogP contribution < -0.4 is 0 Å². The summed E-state index contributed by atoms with van der Waals surface area (Å²) >= 11 is 6.01. The fourth-order valence-corrected chi connectivity index (χ4v) is 5.19. The van der Waals surface area contributed by atoms with Crippen LogP contribution in [0.15, 0.2) is 61.2 Å². The summed E-state index contributed by atoms with van der Waals surface area (Å²) in [4.78, 5) is 11.6. The van der Waals surface area contributed by atoms with Gasteiger partial charge in [0.15, 0.2) is 0 Å². The minimum absolute atomic E-state index is 0.0960. The SMILES string of the molecule is C=CC(c1ccc(F)cc1)S(=O)(=O)n1c(C(C)C(=O)O)cc2cc(Cl)ccc21. The third-order valence-corrected chi connectivity index (χ3v) is 6.81. The number of carboxylic acid groups (broad SMARTS) is 1. The molecule has 8 heteroatoms. The number of hydrogen-bond acceptors (Lipinski definition) is 3. The molecule has 0 amide bonds. The molecule has 146 valence electrons. The maximum atomic E-state index is 13.5. The molecule has 2 unspecified atom stereocenters. The molecular weight excluding hydrogens is 405 g/mol. The lowest BCUT2D eigenvalue weighted by Crippen LogP contribution is -2.24. The number of rotatable bonds is 6. The highest BCUT2D eigenvalue weighted by atomic mass is 35.5. The molecule has 2 atom stereocenters. The molecule has 1 heterocycles. The summed E-state index contributed by atoms with van der Waals surface area (Å²) in [6.45, 7) is 5.02. The quantitative estimate of drug-likeness (QED) is 0.584. The maximum Gasteiger partial charge on any atom is 0.312 e. The van der Waals surface area contributed by atoms with Crippen LogP contribution in [0.5, 0.6) is 0 Å². The van der Waals surface area contributed by atoms with Gasteiger partial charge >= 0.3 is 5.97 Å². The number of benzene rings is 2. The number of hydrogen-bond donors (Lipinski definition) is 1. The zero-order chi connectivity index (χ0) is 20.6. The van der Waals surface area contributed by atoms with Crippen molar-refractivity contribution in [1.82, 2.24) is 3.97 Å². The third-order valence-electron chi connectivity index (χ3n) is 4.55. The van der Waals surface area contributed by atoms with Crippen LogP contribution in [-0.2, 0) is 14.8 Å². The van der Waals surface area contributed by atoms with E-state index in [1.165, 1.54) is 43.3 Å². The first kappa shape index (κ1) is 20.1. The Balaban J connectivity index is 2.30. The number of carboxylic acids is 1. The average Bonchev–Trinajstić information content (AvgIpc) is 3.02. The first-order valence-electron chi connectivity index (χ1n) is 8.33. The van der Waals surface area contributed by atoms with Crippen molar-refractivity contribution in [2.75, 3.05) is 0 Å². The molecule has 2 aromatic carbocycles. The first-order valence-corrected chi connectivity index (χ1v) is 10.2. The van der Waals surface area contributed by atoms with E-state index < -0.39 is 33.0 Å². The van der Waals surface area contributed by atoms with Crippen LogP contribution in [0, 0.1) is 5.82 Å². The molecule has 0 bridgehead atoms. The predicted octanol–water partition coefficient (Wildman–Crippen LogP) is 4.73. The van der Waals surface area contributed by atoms with Gasteiger partial charge in [-0.1, -0.05) is 29.8 Å².